The van der Waals surface area contributed by atoms with Crippen molar-refractivity contribution in [1.82, 2.24) is 5.01 Å². The van der Waals surface area contributed by atoms with Crippen molar-refractivity contribution in [2.45, 2.75) is 5.60 Å². The number of ether oxygens (including phenoxy) is 2. The fourth-order valence-electron chi connectivity index (χ4n) is 2.45. The Bertz CT molecular complexity index is 670. The van der Waals surface area contributed by atoms with Gasteiger partial charge in [-0.05, 0) is 6.07 Å². The Hall–Kier alpha value is -2.68. The third-order valence-electron chi connectivity index (χ3n) is 3.62. The average molecular weight is 306 g/mol. The van der Waals surface area contributed by atoms with Crippen LogP contribution in [0.1, 0.15) is 0 Å². The Kier molecular flexibility index (Phi) is 3.21. The number of carbonyl (C=O) groups is 1. The van der Waals surface area contributed by atoms with Crippen molar-refractivity contribution < 1.29 is 19.2 Å². The molecule has 0 aromatic heterocycles. The summed E-state index contributed by atoms with van der Waals surface area (Å²) in [4.78, 5) is 23.0. The van der Waals surface area contributed by atoms with Crippen molar-refractivity contribution in [3.05, 3.63) is 28.3 Å². The van der Waals surface area contributed by atoms with E-state index in [4.69, 9.17) is 9.47 Å². The van der Waals surface area contributed by atoms with Crippen LogP contribution in [0.25, 0.3) is 0 Å². The summed E-state index contributed by atoms with van der Waals surface area (Å²) in [5.74, 6) is 0.991. The minimum absolute atomic E-state index is 0.0434. The number of hydrogen-bond donors (Lipinski definition) is 0. The summed E-state index contributed by atoms with van der Waals surface area (Å²) in [6.45, 7) is 0.610. The molecule has 2 heterocycles. The van der Waals surface area contributed by atoms with Crippen LogP contribution in [-0.2, 0) is 9.53 Å². The largest absolute Gasteiger partial charge is 0.472 e. The second-order valence-electron chi connectivity index (χ2n) is 5.16. The van der Waals surface area contributed by atoms with Crippen molar-refractivity contribution >= 4 is 23.6 Å². The van der Waals surface area contributed by atoms with E-state index < -0.39 is 10.5 Å². The minimum atomic E-state index is -0.769. The summed E-state index contributed by atoms with van der Waals surface area (Å²) in [6.07, 6.45) is 0.566. The van der Waals surface area contributed by atoms with Gasteiger partial charge in [0.15, 0.2) is 5.84 Å². The molecule has 3 rings (SSSR count). The molecule has 1 aromatic carbocycles. The average Bonchev–Trinajstić information content (AvgIpc) is 2.47. The Morgan fingerprint density at radius 1 is 1.50 bits per heavy atom. The number of fused-ring (bicyclic) bond motifs is 1. The van der Waals surface area contributed by atoms with Crippen molar-refractivity contribution in [2.24, 2.45) is 5.10 Å². The zero-order valence-electron chi connectivity index (χ0n) is 12.1. The van der Waals surface area contributed by atoms with Gasteiger partial charge in [0.1, 0.15) is 5.75 Å². The van der Waals surface area contributed by atoms with Crippen molar-refractivity contribution in [1.29, 1.82) is 0 Å². The smallest absolute Gasteiger partial charge is 0.271 e. The molecule has 0 atom stereocenters. The number of hydrogen-bond acceptors (Lipinski definition) is 6. The molecule has 0 unspecified atom stereocenters. The van der Waals surface area contributed by atoms with Gasteiger partial charge in [0.25, 0.3) is 5.69 Å². The van der Waals surface area contributed by atoms with Gasteiger partial charge in [0.2, 0.25) is 12.0 Å². The molecule has 116 valence electrons. The monoisotopic (exact) mass is 306 g/mol. The highest BCUT2D eigenvalue weighted by Gasteiger charge is 2.52. The van der Waals surface area contributed by atoms with Crippen LogP contribution in [0.4, 0.5) is 11.4 Å². The molecule has 9 heteroatoms. The zero-order chi connectivity index (χ0) is 15.9. The number of amidine groups is 1. The molecule has 1 spiro atoms. The summed E-state index contributed by atoms with van der Waals surface area (Å²) >= 11 is 0. The number of anilines is 1. The van der Waals surface area contributed by atoms with Gasteiger partial charge in [-0.2, -0.15) is 5.10 Å². The summed E-state index contributed by atoms with van der Waals surface area (Å²) in [6, 6.07) is 4.36. The Balaban J connectivity index is 2.09. The summed E-state index contributed by atoms with van der Waals surface area (Å²) in [5.41, 5.74) is -0.294. The number of likely N-dealkylation sites (N-methyl/N-ethyl adjacent to an activating group) is 1. The lowest BCUT2D eigenvalue weighted by Gasteiger charge is -2.48. The van der Waals surface area contributed by atoms with E-state index in [-0.39, 0.29) is 5.69 Å². The van der Waals surface area contributed by atoms with Crippen LogP contribution in [-0.4, -0.2) is 55.1 Å². The maximum absolute atomic E-state index is 10.9. The lowest BCUT2D eigenvalue weighted by molar-refractivity contribution is -0.384. The number of nitrogens with zero attached hydrogens (tertiary/aromatic N) is 4. The lowest BCUT2D eigenvalue weighted by atomic mass is 9.96. The summed E-state index contributed by atoms with van der Waals surface area (Å²) in [7, 11) is 3.23. The van der Waals surface area contributed by atoms with E-state index in [0.717, 1.165) is 5.01 Å². The van der Waals surface area contributed by atoms with E-state index in [1.54, 1.807) is 18.0 Å². The Morgan fingerprint density at radius 3 is 2.77 bits per heavy atom. The highest BCUT2D eigenvalue weighted by molar-refractivity contribution is 6.07. The molecular weight excluding hydrogens is 292 g/mol. The molecule has 0 radical (unpaired) electrons. The van der Waals surface area contributed by atoms with Crippen LogP contribution in [0.5, 0.6) is 5.75 Å². The van der Waals surface area contributed by atoms with E-state index in [1.807, 2.05) is 0 Å². The van der Waals surface area contributed by atoms with Gasteiger partial charge in [-0.3, -0.25) is 14.9 Å². The number of rotatable bonds is 3. The van der Waals surface area contributed by atoms with Crippen LogP contribution in [0.3, 0.4) is 0 Å². The molecule has 0 saturated carbocycles. The van der Waals surface area contributed by atoms with Crippen LogP contribution >= 0.6 is 0 Å². The van der Waals surface area contributed by atoms with Gasteiger partial charge < -0.3 is 14.4 Å². The molecule has 0 aliphatic carbocycles. The van der Waals surface area contributed by atoms with E-state index in [2.05, 4.69) is 5.10 Å². The first-order chi connectivity index (χ1) is 10.5. The third kappa shape index (κ3) is 2.06. The number of carbonyl (C=O) groups excluding carboxylic acids is 1. The predicted octanol–water partition coefficient (Wildman–Crippen LogP) is 0.594. The number of amides is 1. The normalized spacial score (nSPS) is 20.1. The molecule has 1 amide bonds. The second-order valence-corrected chi connectivity index (χ2v) is 5.16. The maximum Gasteiger partial charge on any atom is 0.271 e. The molecule has 1 aromatic rings. The molecule has 0 N–H and O–H groups in total. The maximum atomic E-state index is 10.9. The van der Waals surface area contributed by atoms with Gasteiger partial charge in [-0.15, -0.1) is 0 Å². The SMILES string of the molecule is CN(C=O)/N=C1\N(C)c2cc([N+](=O)[O-])ccc2OC12COC2. The minimum Gasteiger partial charge on any atom is -0.472 e. The van der Waals surface area contributed by atoms with Crippen molar-refractivity contribution in [3.63, 3.8) is 0 Å². The van der Waals surface area contributed by atoms with Gasteiger partial charge >= 0.3 is 0 Å². The first kappa shape index (κ1) is 14.3. The van der Waals surface area contributed by atoms with Gasteiger partial charge in [-0.25, -0.2) is 5.01 Å². The standard InChI is InChI=1S/C13H14N4O5/c1-15(8-18)14-12-13(6-21-7-13)22-11-4-3-9(17(19)20)5-10(11)16(12)2/h3-5,8H,6-7H2,1-2H3/b14-12-. The molecule has 1 fully saturated rings. The van der Waals surface area contributed by atoms with Crippen LogP contribution in [0, 0.1) is 10.1 Å². The van der Waals surface area contributed by atoms with Gasteiger partial charge in [0.05, 0.1) is 23.8 Å². The van der Waals surface area contributed by atoms with Crippen LogP contribution in [0.2, 0.25) is 0 Å². The van der Waals surface area contributed by atoms with Crippen molar-refractivity contribution in [3.8, 4) is 5.75 Å². The number of benzene rings is 1. The van der Waals surface area contributed by atoms with E-state index >= 15 is 0 Å². The van der Waals surface area contributed by atoms with Gasteiger partial charge in [-0.1, -0.05) is 0 Å². The van der Waals surface area contributed by atoms with E-state index in [1.165, 1.54) is 19.2 Å². The fraction of sp³-hybridized carbons (Fsp3) is 0.385. The molecule has 22 heavy (non-hydrogen) atoms. The topological polar surface area (TPSA) is 97.5 Å². The number of non-ortho nitro benzene ring substituents is 1. The highest BCUT2D eigenvalue weighted by Crippen LogP contribution is 2.42. The fourth-order valence-corrected chi connectivity index (χ4v) is 2.45. The molecule has 9 nitrogen and oxygen atoms in total. The molecule has 0 bridgehead atoms. The molecule has 2 aliphatic rings. The summed E-state index contributed by atoms with van der Waals surface area (Å²) in [5, 5.41) is 16.3. The van der Waals surface area contributed by atoms with Crippen LogP contribution in [0.15, 0.2) is 23.3 Å². The number of nitro benzene ring substituents is 1. The Morgan fingerprint density at radius 2 is 2.23 bits per heavy atom. The first-order valence-electron chi connectivity index (χ1n) is 6.53. The molecule has 2 aliphatic heterocycles. The second kappa shape index (κ2) is 4.95. The first-order valence-corrected chi connectivity index (χ1v) is 6.53. The van der Waals surface area contributed by atoms with Crippen molar-refractivity contribution in [2.75, 3.05) is 32.2 Å². The molecule has 1 saturated heterocycles. The number of hydrazone groups is 1. The van der Waals surface area contributed by atoms with Crippen LogP contribution < -0.4 is 9.64 Å². The van der Waals surface area contributed by atoms with E-state index in [0.29, 0.717) is 36.9 Å². The highest BCUT2D eigenvalue weighted by atomic mass is 16.6. The Labute approximate surface area is 125 Å². The third-order valence-corrected chi connectivity index (χ3v) is 3.62. The lowest BCUT2D eigenvalue weighted by Crippen LogP contribution is -2.66. The van der Waals surface area contributed by atoms with Gasteiger partial charge in [0, 0.05) is 26.2 Å². The molecular formula is C13H14N4O5. The quantitative estimate of drug-likeness (QED) is 0.460. The predicted molar refractivity (Wildman–Crippen MR) is 76.9 cm³/mol. The summed E-state index contributed by atoms with van der Waals surface area (Å²) < 4.78 is 11.2. The number of nitro groups is 1. The zero-order valence-corrected chi connectivity index (χ0v) is 12.1. The van der Waals surface area contributed by atoms with E-state index in [9.17, 15) is 14.9 Å².